The number of carbonyl (C=O) groups excluding carboxylic acids is 3. The molecule has 152 valence electrons. The minimum Gasteiger partial charge on any atom is -0.343 e. The first-order valence-corrected chi connectivity index (χ1v) is 10.1. The number of nitrogens with zero attached hydrogens (tertiary/aromatic N) is 1. The molecule has 0 atom stereocenters. The Bertz CT molecular complexity index is 897. The lowest BCUT2D eigenvalue weighted by molar-refractivity contribution is -0.133. The number of anilines is 1. The molecule has 0 bridgehead atoms. The molecule has 1 aliphatic rings. The van der Waals surface area contributed by atoms with E-state index < -0.39 is 5.91 Å². The molecule has 1 heterocycles. The number of benzene rings is 2. The van der Waals surface area contributed by atoms with Crippen LogP contribution in [-0.2, 0) is 9.59 Å². The normalized spacial score (nSPS) is 14.3. The molecule has 0 aromatic heterocycles. The fourth-order valence-corrected chi connectivity index (χ4v) is 3.46. The number of likely N-dealkylation sites (tertiary alicyclic amines) is 1. The molecule has 0 spiro atoms. The molecule has 0 saturated carbocycles. The first-order valence-electron chi connectivity index (χ1n) is 9.31. The molecule has 1 fully saturated rings. The van der Waals surface area contributed by atoms with E-state index >= 15 is 0 Å². The number of halogens is 2. The van der Waals surface area contributed by atoms with Crippen LogP contribution in [0.2, 0.25) is 10.0 Å². The van der Waals surface area contributed by atoms with Crippen LogP contribution in [-0.4, -0.2) is 42.3 Å². The minimum atomic E-state index is -0.394. The Morgan fingerprint density at radius 1 is 0.966 bits per heavy atom. The summed E-state index contributed by atoms with van der Waals surface area (Å²) in [4.78, 5) is 38.6. The van der Waals surface area contributed by atoms with Gasteiger partial charge in [0.05, 0.1) is 16.6 Å². The van der Waals surface area contributed by atoms with E-state index in [4.69, 9.17) is 23.2 Å². The summed E-state index contributed by atoms with van der Waals surface area (Å²) in [6.45, 7) is 0.850. The van der Waals surface area contributed by atoms with Crippen molar-refractivity contribution in [2.24, 2.45) is 5.92 Å². The maximum Gasteiger partial charge on any atom is 0.251 e. The van der Waals surface area contributed by atoms with E-state index in [1.54, 1.807) is 11.0 Å². The van der Waals surface area contributed by atoms with E-state index in [1.807, 2.05) is 30.3 Å². The van der Waals surface area contributed by atoms with Gasteiger partial charge in [0.1, 0.15) is 0 Å². The molecular formula is C21H21Cl2N3O3. The monoisotopic (exact) mass is 433 g/mol. The average Bonchev–Trinajstić information content (AvgIpc) is 2.74. The van der Waals surface area contributed by atoms with Crippen LogP contribution in [0.5, 0.6) is 0 Å². The summed E-state index contributed by atoms with van der Waals surface area (Å²) in [7, 11) is 0. The van der Waals surface area contributed by atoms with Gasteiger partial charge < -0.3 is 15.5 Å². The van der Waals surface area contributed by atoms with E-state index in [0.29, 0.717) is 36.5 Å². The Balaban J connectivity index is 1.44. The molecule has 3 rings (SSSR count). The lowest BCUT2D eigenvalue weighted by Gasteiger charge is -2.31. The zero-order valence-electron chi connectivity index (χ0n) is 15.7. The van der Waals surface area contributed by atoms with E-state index in [9.17, 15) is 14.4 Å². The summed E-state index contributed by atoms with van der Waals surface area (Å²) in [6, 6.07) is 13.8. The van der Waals surface area contributed by atoms with Crippen molar-refractivity contribution < 1.29 is 14.4 Å². The van der Waals surface area contributed by atoms with Crippen LogP contribution >= 0.6 is 23.2 Å². The second-order valence-electron chi connectivity index (χ2n) is 6.82. The summed E-state index contributed by atoms with van der Waals surface area (Å²) in [5, 5.41) is 6.14. The highest BCUT2D eigenvalue weighted by Crippen LogP contribution is 2.22. The third-order valence-electron chi connectivity index (χ3n) is 4.84. The van der Waals surface area contributed by atoms with Crippen molar-refractivity contribution in [1.29, 1.82) is 0 Å². The molecule has 0 aliphatic carbocycles. The Morgan fingerprint density at radius 3 is 2.31 bits per heavy atom. The predicted molar refractivity (Wildman–Crippen MR) is 113 cm³/mol. The van der Waals surface area contributed by atoms with Gasteiger partial charge in [0, 0.05) is 30.3 Å². The zero-order chi connectivity index (χ0) is 20.8. The molecule has 29 heavy (non-hydrogen) atoms. The highest BCUT2D eigenvalue weighted by molar-refractivity contribution is 6.42. The van der Waals surface area contributed by atoms with Crippen LogP contribution < -0.4 is 10.6 Å². The lowest BCUT2D eigenvalue weighted by Crippen LogP contribution is -2.45. The van der Waals surface area contributed by atoms with Crippen molar-refractivity contribution in [2.75, 3.05) is 25.0 Å². The molecule has 2 N–H and O–H groups in total. The largest absolute Gasteiger partial charge is 0.343 e. The first kappa shape index (κ1) is 21.1. The quantitative estimate of drug-likeness (QED) is 0.755. The first-order chi connectivity index (χ1) is 13.9. The van der Waals surface area contributed by atoms with E-state index in [0.717, 1.165) is 5.69 Å². The van der Waals surface area contributed by atoms with Crippen LogP contribution in [0, 0.1) is 5.92 Å². The van der Waals surface area contributed by atoms with Gasteiger partial charge in [0.2, 0.25) is 11.8 Å². The molecule has 8 heteroatoms. The van der Waals surface area contributed by atoms with E-state index in [2.05, 4.69) is 10.6 Å². The number of para-hydroxylation sites is 1. The van der Waals surface area contributed by atoms with Crippen molar-refractivity contribution in [3.63, 3.8) is 0 Å². The minimum absolute atomic E-state index is 0.0313. The lowest BCUT2D eigenvalue weighted by atomic mass is 9.95. The molecule has 0 radical (unpaired) electrons. The van der Waals surface area contributed by atoms with Gasteiger partial charge in [-0.25, -0.2) is 0 Å². The molecule has 2 aromatic rings. The van der Waals surface area contributed by atoms with Crippen molar-refractivity contribution in [1.82, 2.24) is 10.2 Å². The van der Waals surface area contributed by atoms with Crippen LogP contribution in [0.1, 0.15) is 23.2 Å². The van der Waals surface area contributed by atoms with Gasteiger partial charge in [-0.2, -0.15) is 0 Å². The number of amides is 3. The summed E-state index contributed by atoms with van der Waals surface area (Å²) in [5.41, 5.74) is 1.10. The van der Waals surface area contributed by atoms with Gasteiger partial charge in [0.25, 0.3) is 5.91 Å². The van der Waals surface area contributed by atoms with Crippen molar-refractivity contribution >= 4 is 46.6 Å². The third kappa shape index (κ3) is 5.71. The topological polar surface area (TPSA) is 78.5 Å². The Labute approximate surface area is 179 Å². The van der Waals surface area contributed by atoms with Crippen LogP contribution in [0.4, 0.5) is 5.69 Å². The smallest absolute Gasteiger partial charge is 0.251 e. The second-order valence-corrected chi connectivity index (χ2v) is 7.64. The Hall–Kier alpha value is -2.57. The zero-order valence-corrected chi connectivity index (χ0v) is 17.2. The summed E-state index contributed by atoms with van der Waals surface area (Å²) in [5.74, 6) is -0.740. The van der Waals surface area contributed by atoms with Gasteiger partial charge in [-0.05, 0) is 43.2 Å². The molecule has 6 nitrogen and oxygen atoms in total. The fraction of sp³-hybridized carbons (Fsp3) is 0.286. The standard InChI is InChI=1S/C21H21Cl2N3O3/c22-17-7-6-15(12-18(17)23)20(28)24-13-19(27)26-10-8-14(9-11-26)21(29)25-16-4-2-1-3-5-16/h1-7,12,14H,8-11,13H2,(H,24,28)(H,25,29). The molecule has 0 unspecified atom stereocenters. The number of nitrogens with one attached hydrogen (secondary N) is 2. The van der Waals surface area contributed by atoms with Crippen molar-refractivity contribution in [2.45, 2.75) is 12.8 Å². The number of piperidine rings is 1. The second kappa shape index (κ2) is 9.76. The molecule has 3 amide bonds. The van der Waals surface area contributed by atoms with Crippen molar-refractivity contribution in [3.05, 3.63) is 64.1 Å². The number of hydrogen-bond acceptors (Lipinski definition) is 3. The fourth-order valence-electron chi connectivity index (χ4n) is 3.16. The summed E-state index contributed by atoms with van der Waals surface area (Å²) < 4.78 is 0. The molecule has 1 aliphatic heterocycles. The predicted octanol–water partition coefficient (Wildman–Crippen LogP) is 3.60. The average molecular weight is 434 g/mol. The maximum absolute atomic E-state index is 12.4. The van der Waals surface area contributed by atoms with Gasteiger partial charge >= 0.3 is 0 Å². The van der Waals surface area contributed by atoms with Crippen LogP contribution in [0.25, 0.3) is 0 Å². The molecule has 2 aromatic carbocycles. The Kier molecular flexibility index (Phi) is 7.12. The highest BCUT2D eigenvalue weighted by Gasteiger charge is 2.27. The molecule has 1 saturated heterocycles. The Morgan fingerprint density at radius 2 is 1.66 bits per heavy atom. The van der Waals surface area contributed by atoms with Gasteiger partial charge in [-0.3, -0.25) is 14.4 Å². The number of carbonyl (C=O) groups is 3. The van der Waals surface area contributed by atoms with Crippen LogP contribution in [0.3, 0.4) is 0 Å². The number of rotatable bonds is 5. The van der Waals surface area contributed by atoms with Gasteiger partial charge in [0.15, 0.2) is 0 Å². The molecular weight excluding hydrogens is 413 g/mol. The summed E-state index contributed by atoms with van der Waals surface area (Å²) in [6.07, 6.45) is 1.18. The maximum atomic E-state index is 12.4. The van der Waals surface area contributed by atoms with E-state index in [-0.39, 0.29) is 29.3 Å². The van der Waals surface area contributed by atoms with E-state index in [1.165, 1.54) is 12.1 Å². The van der Waals surface area contributed by atoms with Crippen molar-refractivity contribution in [3.8, 4) is 0 Å². The summed E-state index contributed by atoms with van der Waals surface area (Å²) >= 11 is 11.8. The number of hydrogen-bond donors (Lipinski definition) is 2. The van der Waals surface area contributed by atoms with Gasteiger partial charge in [-0.1, -0.05) is 41.4 Å². The third-order valence-corrected chi connectivity index (χ3v) is 5.58. The highest BCUT2D eigenvalue weighted by atomic mass is 35.5. The SMILES string of the molecule is O=C(NCC(=O)N1CCC(C(=O)Nc2ccccc2)CC1)c1ccc(Cl)c(Cl)c1. The van der Waals surface area contributed by atoms with Gasteiger partial charge in [-0.15, -0.1) is 0 Å². The van der Waals surface area contributed by atoms with Crippen LogP contribution in [0.15, 0.2) is 48.5 Å².